The van der Waals surface area contributed by atoms with Crippen molar-refractivity contribution in [2.24, 2.45) is 23.7 Å². The molecule has 2 unspecified atom stereocenters. The van der Waals surface area contributed by atoms with Crippen LogP contribution in [0.4, 0.5) is 0 Å². The molecule has 4 aliphatic carbocycles. The molecule has 27 heavy (non-hydrogen) atoms. The molecule has 2 nitrogen and oxygen atoms in total. The first-order valence-electron chi connectivity index (χ1n) is 11.6. The van der Waals surface area contributed by atoms with Gasteiger partial charge in [0.25, 0.3) is 0 Å². The highest BCUT2D eigenvalue weighted by Crippen LogP contribution is 2.55. The molecule has 0 radical (unpaired) electrons. The Hall–Kier alpha value is -1.02. The van der Waals surface area contributed by atoms with E-state index in [-0.39, 0.29) is 6.29 Å². The second kappa shape index (κ2) is 8.55. The zero-order valence-electron chi connectivity index (χ0n) is 17.5. The third kappa shape index (κ3) is 4.36. The zero-order valence-corrected chi connectivity index (χ0v) is 17.5. The van der Waals surface area contributed by atoms with E-state index in [0.717, 1.165) is 35.8 Å². The van der Waals surface area contributed by atoms with Crippen molar-refractivity contribution in [3.63, 3.8) is 0 Å². The van der Waals surface area contributed by atoms with Gasteiger partial charge in [-0.2, -0.15) is 0 Å². The van der Waals surface area contributed by atoms with E-state index in [1.54, 1.807) is 0 Å². The molecule has 0 saturated heterocycles. The van der Waals surface area contributed by atoms with Gasteiger partial charge in [-0.05, 0) is 92.2 Å². The summed E-state index contributed by atoms with van der Waals surface area (Å²) in [5.41, 5.74) is 1.40. The van der Waals surface area contributed by atoms with Crippen molar-refractivity contribution in [1.82, 2.24) is 0 Å². The second-order valence-corrected chi connectivity index (χ2v) is 9.60. The Bertz CT molecular complexity index is 565. The molecule has 1 aromatic rings. The van der Waals surface area contributed by atoms with E-state index < -0.39 is 0 Å². The first kappa shape index (κ1) is 19.3. The number of ether oxygens (including phenoxy) is 2. The highest BCUT2D eigenvalue weighted by atomic mass is 16.7. The topological polar surface area (TPSA) is 18.5 Å². The number of hydrogen-bond donors (Lipinski definition) is 0. The monoisotopic (exact) mass is 370 g/mol. The summed E-state index contributed by atoms with van der Waals surface area (Å²) >= 11 is 0. The molecule has 2 heteroatoms. The Morgan fingerprint density at radius 2 is 1.56 bits per heavy atom. The highest BCUT2D eigenvalue weighted by Gasteiger charge is 2.49. The molecule has 0 amide bonds. The smallest absolute Gasteiger partial charge is 0.200 e. The summed E-state index contributed by atoms with van der Waals surface area (Å²) in [5.74, 6) is 5.15. The molecule has 4 fully saturated rings. The van der Waals surface area contributed by atoms with E-state index in [0.29, 0.717) is 12.0 Å². The minimum Gasteiger partial charge on any atom is -0.465 e. The molecule has 0 aliphatic heterocycles. The van der Waals surface area contributed by atoms with Gasteiger partial charge in [0.15, 0.2) is 6.29 Å². The molecule has 5 rings (SSSR count). The summed E-state index contributed by atoms with van der Waals surface area (Å²) in [6.45, 7) is 6.78. The molecule has 4 aliphatic rings. The minimum absolute atomic E-state index is 0.0816. The van der Waals surface area contributed by atoms with Crippen molar-refractivity contribution < 1.29 is 9.47 Å². The van der Waals surface area contributed by atoms with E-state index >= 15 is 0 Å². The lowest BCUT2D eigenvalue weighted by Crippen LogP contribution is -2.51. The fraction of sp³-hybridized carbons (Fsp3) is 0.760. The third-order valence-corrected chi connectivity index (χ3v) is 7.57. The van der Waals surface area contributed by atoms with E-state index in [1.807, 2.05) is 0 Å². The van der Waals surface area contributed by atoms with Crippen LogP contribution in [0, 0.1) is 23.7 Å². The predicted molar refractivity (Wildman–Crippen MR) is 111 cm³/mol. The molecule has 0 heterocycles. The van der Waals surface area contributed by atoms with Gasteiger partial charge in [-0.3, -0.25) is 0 Å². The molecule has 150 valence electrons. The van der Waals surface area contributed by atoms with Crippen molar-refractivity contribution >= 4 is 0 Å². The molecule has 0 spiro atoms. The summed E-state index contributed by atoms with van der Waals surface area (Å²) in [6, 6.07) is 8.73. The van der Waals surface area contributed by atoms with Crippen molar-refractivity contribution in [1.29, 1.82) is 0 Å². The van der Waals surface area contributed by atoms with Crippen LogP contribution in [0.1, 0.15) is 90.0 Å². The molecule has 0 N–H and O–H groups in total. The van der Waals surface area contributed by atoms with Gasteiger partial charge in [-0.15, -0.1) is 0 Å². The first-order valence-corrected chi connectivity index (χ1v) is 11.6. The predicted octanol–water partition coefficient (Wildman–Crippen LogP) is 6.94. The van der Waals surface area contributed by atoms with Crippen LogP contribution >= 0.6 is 0 Å². The van der Waals surface area contributed by atoms with Crippen LogP contribution in [0.5, 0.6) is 5.75 Å². The van der Waals surface area contributed by atoms with Gasteiger partial charge >= 0.3 is 0 Å². The van der Waals surface area contributed by atoms with E-state index in [2.05, 4.69) is 45.0 Å². The van der Waals surface area contributed by atoms with Crippen molar-refractivity contribution in [2.45, 2.75) is 96.9 Å². The van der Waals surface area contributed by atoms with Crippen molar-refractivity contribution in [3.8, 4) is 5.75 Å². The van der Waals surface area contributed by atoms with E-state index in [4.69, 9.17) is 9.47 Å². The lowest BCUT2D eigenvalue weighted by molar-refractivity contribution is -0.200. The Balaban J connectivity index is 1.40. The largest absolute Gasteiger partial charge is 0.465 e. The number of unbranched alkanes of at least 4 members (excludes halogenated alkanes) is 1. The maximum absolute atomic E-state index is 6.71. The van der Waals surface area contributed by atoms with Crippen LogP contribution in [0.3, 0.4) is 0 Å². The van der Waals surface area contributed by atoms with Crippen molar-refractivity contribution in [3.05, 3.63) is 29.8 Å². The van der Waals surface area contributed by atoms with Crippen LogP contribution in [0.25, 0.3) is 0 Å². The standard InChI is InChI=1S/C25H38O2/c1-4-6-7-24(26-23-10-8-20(9-11-23)17(3)5-2)27-25-21-13-18-12-19(15-21)16-22(25)14-18/h8-11,17-19,21-22,24-25H,4-7,12-16H2,1-3H3. The summed E-state index contributed by atoms with van der Waals surface area (Å²) in [7, 11) is 0. The quantitative estimate of drug-likeness (QED) is 0.438. The SMILES string of the molecule is CCCCC(Oc1ccc(C(C)CC)cc1)OC1C2CC3CC(C2)CC1C3. The Kier molecular flexibility index (Phi) is 6.12. The maximum Gasteiger partial charge on any atom is 0.200 e. The fourth-order valence-corrected chi connectivity index (χ4v) is 6.06. The Labute approximate surface area is 166 Å². The van der Waals surface area contributed by atoms with Gasteiger partial charge in [0.2, 0.25) is 0 Å². The average molecular weight is 371 g/mol. The Morgan fingerprint density at radius 1 is 0.926 bits per heavy atom. The molecule has 2 atom stereocenters. The van der Waals surface area contributed by atoms with E-state index in [1.165, 1.54) is 56.9 Å². The summed E-state index contributed by atoms with van der Waals surface area (Å²) in [4.78, 5) is 0. The van der Waals surface area contributed by atoms with Crippen molar-refractivity contribution in [2.75, 3.05) is 0 Å². The number of hydrogen-bond acceptors (Lipinski definition) is 2. The Morgan fingerprint density at radius 3 is 2.11 bits per heavy atom. The van der Waals surface area contributed by atoms with Crippen LogP contribution in [0.15, 0.2) is 24.3 Å². The second-order valence-electron chi connectivity index (χ2n) is 9.60. The van der Waals surface area contributed by atoms with Gasteiger partial charge in [-0.25, -0.2) is 0 Å². The van der Waals surface area contributed by atoms with Gasteiger partial charge in [0.1, 0.15) is 5.75 Å². The lowest BCUT2D eigenvalue weighted by Gasteiger charge is -2.54. The summed E-state index contributed by atoms with van der Waals surface area (Å²) in [6.07, 6.45) is 12.0. The third-order valence-electron chi connectivity index (χ3n) is 7.57. The molecular weight excluding hydrogens is 332 g/mol. The van der Waals surface area contributed by atoms with Gasteiger partial charge in [0, 0.05) is 6.42 Å². The molecule has 0 aromatic heterocycles. The fourth-order valence-electron chi connectivity index (χ4n) is 6.06. The van der Waals surface area contributed by atoms with Crippen LogP contribution < -0.4 is 4.74 Å². The molecular formula is C25H38O2. The average Bonchev–Trinajstić information content (AvgIpc) is 2.68. The molecule has 4 bridgehead atoms. The lowest BCUT2D eigenvalue weighted by atomic mass is 9.55. The summed E-state index contributed by atoms with van der Waals surface area (Å²) < 4.78 is 13.1. The van der Waals surface area contributed by atoms with Crippen LogP contribution in [-0.2, 0) is 4.74 Å². The molecule has 1 aromatic carbocycles. The van der Waals surface area contributed by atoms with Crippen LogP contribution in [-0.4, -0.2) is 12.4 Å². The van der Waals surface area contributed by atoms with Gasteiger partial charge in [-0.1, -0.05) is 39.3 Å². The number of benzene rings is 1. The van der Waals surface area contributed by atoms with Gasteiger partial charge < -0.3 is 9.47 Å². The normalized spacial score (nSPS) is 33.8. The first-order chi connectivity index (χ1) is 13.2. The zero-order chi connectivity index (χ0) is 18.8. The minimum atomic E-state index is -0.0816. The maximum atomic E-state index is 6.71. The van der Waals surface area contributed by atoms with Gasteiger partial charge in [0.05, 0.1) is 6.10 Å². The van der Waals surface area contributed by atoms with E-state index in [9.17, 15) is 0 Å². The summed E-state index contributed by atoms with van der Waals surface area (Å²) in [5, 5.41) is 0. The van der Waals surface area contributed by atoms with Crippen LogP contribution in [0.2, 0.25) is 0 Å². The number of rotatable bonds is 9. The highest BCUT2D eigenvalue weighted by molar-refractivity contribution is 5.29. The molecule has 4 saturated carbocycles.